The smallest absolute Gasteiger partial charge is 0.328 e. The number of nitrogens with one attached hydrogen (secondary N) is 1. The molecule has 3 aromatic rings. The summed E-state index contributed by atoms with van der Waals surface area (Å²) in [5.74, 6) is -0.818. The molecule has 0 spiro atoms. The summed E-state index contributed by atoms with van der Waals surface area (Å²) in [5, 5.41) is 5.08. The molecule has 0 fully saturated rings. The molecular weight excluding hydrogens is 384 g/mol. The lowest BCUT2D eigenvalue weighted by Gasteiger charge is -2.14. The Morgan fingerprint density at radius 1 is 1.25 bits per heavy atom. The number of thiazole rings is 1. The average Bonchev–Trinajstić information content (AvgIpc) is 3.13. The zero-order valence-electron chi connectivity index (χ0n) is 15.3. The number of ether oxygens (including phenoxy) is 1. The van der Waals surface area contributed by atoms with Gasteiger partial charge in [0.25, 0.3) is 11.1 Å². The summed E-state index contributed by atoms with van der Waals surface area (Å²) in [4.78, 5) is 53.9. The third-order valence-electron chi connectivity index (χ3n) is 4.02. The lowest BCUT2D eigenvalue weighted by molar-refractivity contribution is -0.146. The van der Waals surface area contributed by atoms with Crippen LogP contribution in [-0.2, 0) is 27.5 Å². The maximum Gasteiger partial charge on any atom is 0.328 e. The van der Waals surface area contributed by atoms with E-state index in [1.807, 2.05) is 6.92 Å². The Kier molecular flexibility index (Phi) is 5.69. The molecule has 10 heteroatoms. The van der Waals surface area contributed by atoms with E-state index in [9.17, 15) is 19.2 Å². The molecule has 1 N–H and O–H groups in total. The fraction of sp³-hybridized carbons (Fsp3) is 0.278. The molecule has 3 rings (SSSR count). The van der Waals surface area contributed by atoms with E-state index in [-0.39, 0.29) is 23.3 Å². The first-order chi connectivity index (χ1) is 13.4. The molecule has 2 heterocycles. The van der Waals surface area contributed by atoms with Crippen LogP contribution >= 0.6 is 11.3 Å². The Labute approximate surface area is 163 Å². The van der Waals surface area contributed by atoms with Gasteiger partial charge in [-0.25, -0.2) is 9.67 Å². The highest BCUT2D eigenvalue weighted by Gasteiger charge is 2.15. The molecule has 1 amide bonds. The Hall–Kier alpha value is -3.27. The van der Waals surface area contributed by atoms with E-state index < -0.39 is 23.6 Å². The minimum Gasteiger partial charge on any atom is -0.458 e. The Morgan fingerprint density at radius 3 is 2.64 bits per heavy atom. The van der Waals surface area contributed by atoms with Gasteiger partial charge >= 0.3 is 5.97 Å². The predicted octanol–water partition coefficient (Wildman–Crippen LogP) is 1.26. The van der Waals surface area contributed by atoms with Crippen molar-refractivity contribution in [3.8, 4) is 0 Å². The van der Waals surface area contributed by atoms with Crippen LogP contribution in [0.4, 0.5) is 5.13 Å². The molecule has 1 aromatic carbocycles. The number of carbonyl (C=O) groups excluding carboxylic acids is 2. The van der Waals surface area contributed by atoms with E-state index in [4.69, 9.17) is 4.74 Å². The van der Waals surface area contributed by atoms with Gasteiger partial charge in [0.15, 0.2) is 5.13 Å². The van der Waals surface area contributed by atoms with Crippen LogP contribution in [0.3, 0.4) is 0 Å². The normalized spacial score (nSPS) is 10.8. The number of esters is 1. The van der Waals surface area contributed by atoms with Crippen molar-refractivity contribution in [2.75, 3.05) is 11.4 Å². The fourth-order valence-electron chi connectivity index (χ4n) is 2.67. The number of aromatic nitrogens is 3. The maximum absolute atomic E-state index is 12.4. The van der Waals surface area contributed by atoms with E-state index >= 15 is 0 Å². The van der Waals surface area contributed by atoms with Crippen molar-refractivity contribution in [1.82, 2.24) is 14.8 Å². The number of fused-ring (bicyclic) bond motifs is 1. The minimum atomic E-state index is -0.693. The highest BCUT2D eigenvalue weighted by atomic mass is 32.1. The van der Waals surface area contributed by atoms with Crippen molar-refractivity contribution in [2.45, 2.75) is 27.0 Å². The number of hydrogen-bond donors (Lipinski definition) is 1. The van der Waals surface area contributed by atoms with Crippen LogP contribution in [0.15, 0.2) is 39.2 Å². The van der Waals surface area contributed by atoms with Gasteiger partial charge in [-0.15, -0.1) is 11.3 Å². The van der Waals surface area contributed by atoms with Gasteiger partial charge in [0.05, 0.1) is 16.5 Å². The van der Waals surface area contributed by atoms with Crippen molar-refractivity contribution in [2.24, 2.45) is 0 Å². The van der Waals surface area contributed by atoms with E-state index in [1.54, 1.807) is 23.6 Å². The molecule has 0 bridgehead atoms. The standard InChI is InChI=1S/C18H18N4O5S/c1-3-21(11(2)23)18-19-12(10-28-18)9-27-15(24)8-22-17(26)14-7-5-4-6-13(14)16(25)20-22/h4-7,10H,3,8-9H2,1-2H3,(H,20,25). The van der Waals surface area contributed by atoms with Gasteiger partial charge in [-0.3, -0.25) is 29.2 Å². The molecule has 9 nitrogen and oxygen atoms in total. The lowest BCUT2D eigenvalue weighted by atomic mass is 10.2. The summed E-state index contributed by atoms with van der Waals surface area (Å²) in [6.07, 6.45) is 0. The molecule has 146 valence electrons. The number of carbonyl (C=O) groups is 2. The van der Waals surface area contributed by atoms with Crippen molar-refractivity contribution in [3.05, 3.63) is 56.0 Å². The number of benzene rings is 1. The van der Waals surface area contributed by atoms with Crippen LogP contribution in [0.2, 0.25) is 0 Å². The third kappa shape index (κ3) is 4.01. The van der Waals surface area contributed by atoms with Crippen molar-refractivity contribution in [1.29, 1.82) is 0 Å². The molecule has 0 aliphatic rings. The summed E-state index contributed by atoms with van der Waals surface area (Å²) in [5.41, 5.74) is -0.452. The van der Waals surface area contributed by atoms with Gasteiger partial charge in [-0.2, -0.15) is 0 Å². The number of anilines is 1. The number of nitrogens with zero attached hydrogens (tertiary/aromatic N) is 3. The van der Waals surface area contributed by atoms with Crippen LogP contribution in [-0.4, -0.2) is 33.2 Å². The molecule has 0 saturated carbocycles. The van der Waals surface area contributed by atoms with Gasteiger partial charge in [-0.05, 0) is 19.1 Å². The molecule has 0 aliphatic carbocycles. The van der Waals surface area contributed by atoms with Gasteiger partial charge < -0.3 is 4.74 Å². The van der Waals surface area contributed by atoms with Crippen LogP contribution in [0.1, 0.15) is 19.5 Å². The molecule has 0 atom stereocenters. The van der Waals surface area contributed by atoms with Gasteiger partial charge in [-0.1, -0.05) is 12.1 Å². The lowest BCUT2D eigenvalue weighted by Crippen LogP contribution is -2.32. The zero-order chi connectivity index (χ0) is 20.3. The second-order valence-electron chi connectivity index (χ2n) is 5.92. The molecule has 28 heavy (non-hydrogen) atoms. The van der Waals surface area contributed by atoms with E-state index in [1.165, 1.54) is 29.2 Å². The Morgan fingerprint density at radius 2 is 1.96 bits per heavy atom. The maximum atomic E-state index is 12.4. The summed E-state index contributed by atoms with van der Waals surface area (Å²) in [6, 6.07) is 6.37. The highest BCUT2D eigenvalue weighted by molar-refractivity contribution is 7.14. The summed E-state index contributed by atoms with van der Waals surface area (Å²) >= 11 is 1.27. The molecule has 0 saturated heterocycles. The van der Waals surface area contributed by atoms with Crippen LogP contribution in [0.5, 0.6) is 0 Å². The highest BCUT2D eigenvalue weighted by Crippen LogP contribution is 2.21. The minimum absolute atomic E-state index is 0.0998. The number of hydrogen-bond acceptors (Lipinski definition) is 7. The fourth-order valence-corrected chi connectivity index (χ4v) is 3.58. The first-order valence-electron chi connectivity index (χ1n) is 8.50. The second kappa shape index (κ2) is 8.17. The zero-order valence-corrected chi connectivity index (χ0v) is 16.1. The number of rotatable bonds is 6. The largest absolute Gasteiger partial charge is 0.458 e. The number of aromatic amines is 1. The molecule has 0 aliphatic heterocycles. The first kappa shape index (κ1) is 19.5. The second-order valence-corrected chi connectivity index (χ2v) is 6.76. The predicted molar refractivity (Wildman–Crippen MR) is 104 cm³/mol. The van der Waals surface area contributed by atoms with Gasteiger partial charge in [0, 0.05) is 18.8 Å². The van der Waals surface area contributed by atoms with Crippen LogP contribution in [0.25, 0.3) is 10.8 Å². The van der Waals surface area contributed by atoms with Crippen LogP contribution < -0.4 is 16.0 Å². The average molecular weight is 402 g/mol. The SMILES string of the molecule is CCN(C(C)=O)c1nc(COC(=O)Cn2[nH]c(=O)c3ccccc3c2=O)cs1. The summed E-state index contributed by atoms with van der Waals surface area (Å²) in [7, 11) is 0. The first-order valence-corrected chi connectivity index (χ1v) is 9.38. The van der Waals surface area contributed by atoms with Crippen molar-refractivity contribution in [3.63, 3.8) is 0 Å². The molecule has 2 aromatic heterocycles. The monoisotopic (exact) mass is 402 g/mol. The van der Waals surface area contributed by atoms with Crippen molar-refractivity contribution < 1.29 is 14.3 Å². The Balaban J connectivity index is 1.69. The van der Waals surface area contributed by atoms with Crippen molar-refractivity contribution >= 4 is 39.1 Å². The third-order valence-corrected chi connectivity index (χ3v) is 4.93. The molecule has 0 unspecified atom stereocenters. The molecule has 0 radical (unpaired) electrons. The van der Waals surface area contributed by atoms with Crippen LogP contribution in [0, 0.1) is 0 Å². The van der Waals surface area contributed by atoms with Gasteiger partial charge in [0.1, 0.15) is 13.2 Å². The quantitative estimate of drug-likeness (QED) is 0.621. The van der Waals surface area contributed by atoms with Gasteiger partial charge in [0.2, 0.25) is 5.91 Å². The molecular formula is C18H18N4O5S. The van der Waals surface area contributed by atoms with E-state index in [0.29, 0.717) is 17.4 Å². The Bertz CT molecular complexity index is 1150. The van der Waals surface area contributed by atoms with E-state index in [2.05, 4.69) is 10.1 Å². The number of H-pyrrole nitrogens is 1. The number of amides is 1. The van der Waals surface area contributed by atoms with E-state index in [0.717, 1.165) is 4.68 Å². The summed E-state index contributed by atoms with van der Waals surface area (Å²) < 4.78 is 6.07. The summed E-state index contributed by atoms with van der Waals surface area (Å²) in [6.45, 7) is 3.25. The topological polar surface area (TPSA) is 114 Å².